The molecule has 0 N–H and O–H groups in total. The Hall–Kier alpha value is -2.45. The van der Waals surface area contributed by atoms with Gasteiger partial charge in [-0.15, -0.1) is 0 Å². The second kappa shape index (κ2) is 8.70. The summed E-state index contributed by atoms with van der Waals surface area (Å²) in [5.41, 5.74) is 1.64. The fourth-order valence-corrected chi connectivity index (χ4v) is 5.43. The van der Waals surface area contributed by atoms with Gasteiger partial charge in [0.1, 0.15) is 11.3 Å². The number of rotatable bonds is 7. The third-order valence-corrected chi connectivity index (χ3v) is 7.08. The summed E-state index contributed by atoms with van der Waals surface area (Å²) >= 11 is 1.40. The average Bonchev–Trinajstić information content (AvgIpc) is 2.97. The molecule has 1 aromatic heterocycles. The van der Waals surface area contributed by atoms with Gasteiger partial charge in [-0.3, -0.25) is 4.79 Å². The summed E-state index contributed by atoms with van der Waals surface area (Å²) in [6.07, 6.45) is 0.356. The minimum absolute atomic E-state index is 0.00968. The van der Waals surface area contributed by atoms with E-state index in [4.69, 9.17) is 4.74 Å². The first kappa shape index (κ1) is 20.3. The van der Waals surface area contributed by atoms with Crippen molar-refractivity contribution in [1.29, 1.82) is 0 Å². The first-order chi connectivity index (χ1) is 13.4. The van der Waals surface area contributed by atoms with Crippen LogP contribution in [0.1, 0.15) is 18.4 Å². The lowest BCUT2D eigenvalue weighted by molar-refractivity contribution is -0.118. The number of sulfone groups is 1. The fourth-order valence-electron chi connectivity index (χ4n) is 2.95. The maximum Gasteiger partial charge on any atom is 0.248 e. The van der Waals surface area contributed by atoms with Crippen LogP contribution in [-0.4, -0.2) is 31.8 Å². The molecule has 1 amide bonds. The van der Waals surface area contributed by atoms with Crippen LogP contribution < -0.4 is 9.54 Å². The van der Waals surface area contributed by atoms with Gasteiger partial charge in [-0.2, -0.15) is 4.99 Å². The third-order valence-electron chi connectivity index (χ3n) is 4.30. The molecular formula is C20H22N2O4S2. The molecule has 28 heavy (non-hydrogen) atoms. The SMILES string of the molecule is COc1cccc2sc(=NC(=O)CCCS(=O)(=O)Cc3ccccc3)n(C)c12. The standard InChI is InChI=1S/C20H22N2O4S2/c1-22-19-16(26-2)10-6-11-17(19)27-20(22)21-18(23)12-7-13-28(24,25)14-15-8-4-3-5-9-15/h3-6,8-11H,7,12-14H2,1-2H3. The number of nitrogens with zero attached hydrogens (tertiary/aromatic N) is 2. The quantitative estimate of drug-likeness (QED) is 0.591. The first-order valence-electron chi connectivity index (χ1n) is 8.84. The van der Waals surface area contributed by atoms with Crippen LogP contribution in [0.3, 0.4) is 0 Å². The zero-order chi connectivity index (χ0) is 20.1. The van der Waals surface area contributed by atoms with Crippen molar-refractivity contribution >= 4 is 37.3 Å². The summed E-state index contributed by atoms with van der Waals surface area (Å²) in [6, 6.07) is 14.7. The highest BCUT2D eigenvalue weighted by Crippen LogP contribution is 2.26. The third kappa shape index (κ3) is 4.88. The maximum absolute atomic E-state index is 12.2. The molecule has 1 heterocycles. The molecule has 3 aromatic rings. The lowest BCUT2D eigenvalue weighted by atomic mass is 10.2. The molecule has 0 aliphatic rings. The van der Waals surface area contributed by atoms with Gasteiger partial charge in [-0.25, -0.2) is 8.42 Å². The largest absolute Gasteiger partial charge is 0.495 e. The Bertz CT molecular complexity index is 1150. The van der Waals surface area contributed by atoms with E-state index in [1.807, 2.05) is 48.0 Å². The molecule has 0 aliphatic heterocycles. The molecule has 0 fully saturated rings. The van der Waals surface area contributed by atoms with Crippen LogP contribution in [-0.2, 0) is 27.4 Å². The summed E-state index contributed by atoms with van der Waals surface area (Å²) in [5.74, 6) is 0.355. The average molecular weight is 419 g/mol. The van der Waals surface area contributed by atoms with E-state index >= 15 is 0 Å². The van der Waals surface area contributed by atoms with Gasteiger partial charge in [-0.05, 0) is 24.1 Å². The highest BCUT2D eigenvalue weighted by molar-refractivity contribution is 7.90. The molecule has 148 valence electrons. The lowest BCUT2D eigenvalue weighted by Crippen LogP contribution is -2.15. The minimum atomic E-state index is -3.25. The zero-order valence-electron chi connectivity index (χ0n) is 15.8. The summed E-state index contributed by atoms with van der Waals surface area (Å²) in [6.45, 7) is 0. The summed E-state index contributed by atoms with van der Waals surface area (Å²) in [7, 11) is 0.179. The number of benzene rings is 2. The predicted octanol–water partition coefficient (Wildman–Crippen LogP) is 3.07. The van der Waals surface area contributed by atoms with Gasteiger partial charge in [0.05, 0.1) is 23.3 Å². The highest BCUT2D eigenvalue weighted by Gasteiger charge is 2.13. The van der Waals surface area contributed by atoms with E-state index in [1.165, 1.54) is 11.3 Å². The Morgan fingerprint density at radius 1 is 1.14 bits per heavy atom. The summed E-state index contributed by atoms with van der Waals surface area (Å²) in [4.78, 5) is 17.0. The van der Waals surface area contributed by atoms with E-state index in [-0.39, 0.29) is 30.3 Å². The van der Waals surface area contributed by atoms with E-state index in [1.54, 1.807) is 19.2 Å². The number of para-hydroxylation sites is 1. The van der Waals surface area contributed by atoms with Crippen molar-refractivity contribution in [3.05, 3.63) is 58.9 Å². The van der Waals surface area contributed by atoms with Gasteiger partial charge in [-0.1, -0.05) is 47.7 Å². The monoisotopic (exact) mass is 418 g/mol. The van der Waals surface area contributed by atoms with Crippen molar-refractivity contribution < 1.29 is 17.9 Å². The Morgan fingerprint density at radius 3 is 2.61 bits per heavy atom. The number of thiazole rings is 1. The number of hydrogen-bond acceptors (Lipinski definition) is 5. The number of carbonyl (C=O) groups excluding carboxylic acids is 1. The van der Waals surface area contributed by atoms with Gasteiger partial charge in [0.15, 0.2) is 14.6 Å². The molecule has 3 rings (SSSR count). The van der Waals surface area contributed by atoms with Crippen molar-refractivity contribution in [3.8, 4) is 5.75 Å². The van der Waals surface area contributed by atoms with E-state index in [0.717, 1.165) is 21.5 Å². The summed E-state index contributed by atoms with van der Waals surface area (Å²) in [5, 5.41) is 0. The number of methoxy groups -OCH3 is 1. The summed E-state index contributed by atoms with van der Waals surface area (Å²) < 4.78 is 32.6. The normalized spacial score (nSPS) is 12.4. The second-order valence-electron chi connectivity index (χ2n) is 6.44. The van der Waals surface area contributed by atoms with Crippen LogP contribution in [0, 0.1) is 0 Å². The molecule has 0 spiro atoms. The van der Waals surface area contributed by atoms with Crippen molar-refractivity contribution in [2.24, 2.45) is 12.0 Å². The van der Waals surface area contributed by atoms with Gasteiger partial charge in [0, 0.05) is 13.5 Å². The number of ether oxygens (including phenoxy) is 1. The van der Waals surface area contributed by atoms with E-state index in [0.29, 0.717) is 4.80 Å². The van der Waals surface area contributed by atoms with Crippen LogP contribution in [0.4, 0.5) is 0 Å². The number of hydrogen-bond donors (Lipinski definition) is 0. The van der Waals surface area contributed by atoms with Gasteiger partial charge < -0.3 is 9.30 Å². The number of carbonyl (C=O) groups is 1. The van der Waals surface area contributed by atoms with Crippen LogP contribution in [0.15, 0.2) is 53.5 Å². The van der Waals surface area contributed by atoms with Crippen LogP contribution in [0.25, 0.3) is 10.2 Å². The van der Waals surface area contributed by atoms with E-state index < -0.39 is 9.84 Å². The van der Waals surface area contributed by atoms with Crippen LogP contribution >= 0.6 is 11.3 Å². The predicted molar refractivity (Wildman–Crippen MR) is 111 cm³/mol. The van der Waals surface area contributed by atoms with Crippen LogP contribution in [0.5, 0.6) is 5.75 Å². The molecule has 8 heteroatoms. The molecule has 0 saturated carbocycles. The lowest BCUT2D eigenvalue weighted by Gasteiger charge is -2.04. The second-order valence-corrected chi connectivity index (χ2v) is 9.63. The Balaban J connectivity index is 1.66. The number of amides is 1. The van der Waals surface area contributed by atoms with Crippen molar-refractivity contribution in [2.75, 3.05) is 12.9 Å². The topological polar surface area (TPSA) is 77.7 Å². The number of fused-ring (bicyclic) bond motifs is 1. The molecule has 0 atom stereocenters. The molecule has 2 aromatic carbocycles. The molecule has 0 unspecified atom stereocenters. The van der Waals surface area contributed by atoms with Crippen molar-refractivity contribution in [3.63, 3.8) is 0 Å². The van der Waals surface area contributed by atoms with Crippen molar-refractivity contribution in [2.45, 2.75) is 18.6 Å². The first-order valence-corrected chi connectivity index (χ1v) is 11.5. The van der Waals surface area contributed by atoms with E-state index in [9.17, 15) is 13.2 Å². The maximum atomic E-state index is 12.2. The minimum Gasteiger partial charge on any atom is -0.495 e. The molecule has 0 saturated heterocycles. The molecule has 0 bridgehead atoms. The molecule has 0 aliphatic carbocycles. The van der Waals surface area contributed by atoms with Crippen molar-refractivity contribution in [1.82, 2.24) is 4.57 Å². The van der Waals surface area contributed by atoms with Gasteiger partial charge >= 0.3 is 0 Å². The fraction of sp³-hybridized carbons (Fsp3) is 0.300. The zero-order valence-corrected chi connectivity index (χ0v) is 17.4. The van der Waals surface area contributed by atoms with Crippen LogP contribution in [0.2, 0.25) is 0 Å². The number of aryl methyl sites for hydroxylation is 1. The Morgan fingerprint density at radius 2 is 1.89 bits per heavy atom. The Labute approximate surface area is 168 Å². The molecule has 0 radical (unpaired) electrons. The Kier molecular flexibility index (Phi) is 6.31. The molecule has 6 nitrogen and oxygen atoms in total. The van der Waals surface area contributed by atoms with Gasteiger partial charge in [0.25, 0.3) is 0 Å². The molecular weight excluding hydrogens is 396 g/mol. The smallest absolute Gasteiger partial charge is 0.248 e. The highest BCUT2D eigenvalue weighted by atomic mass is 32.2. The van der Waals surface area contributed by atoms with E-state index in [2.05, 4.69) is 4.99 Å². The van der Waals surface area contributed by atoms with Gasteiger partial charge in [0.2, 0.25) is 5.91 Å². The number of aromatic nitrogens is 1.